The highest BCUT2D eigenvalue weighted by atomic mass is 15.2. The van der Waals surface area contributed by atoms with Crippen LogP contribution in [0.2, 0.25) is 0 Å². The van der Waals surface area contributed by atoms with Crippen LogP contribution in [0, 0.1) is 0 Å². The fourth-order valence-corrected chi connectivity index (χ4v) is 2.09. The Morgan fingerprint density at radius 2 is 2.00 bits per heavy atom. The van der Waals surface area contributed by atoms with Crippen LogP contribution >= 0.6 is 0 Å². The number of hydrogen-bond donors (Lipinski definition) is 3. The monoisotopic (exact) mass is 174 g/mol. The summed E-state index contributed by atoms with van der Waals surface area (Å²) in [4.78, 5) is 3.39. The number of likely N-dealkylation sites (N-methyl/N-ethyl adjacent to an activating group) is 1. The molecule has 1 fully saturated rings. The molecule has 1 rings (SSSR count). The van der Waals surface area contributed by atoms with E-state index in [1.807, 2.05) is 0 Å². The number of hydrogen-bond acceptors (Lipinski definition) is 0. The summed E-state index contributed by atoms with van der Waals surface area (Å²) in [5, 5.41) is 0. The van der Waals surface area contributed by atoms with E-state index in [0.717, 1.165) is 12.6 Å². The summed E-state index contributed by atoms with van der Waals surface area (Å²) < 4.78 is 0. The maximum Gasteiger partial charge on any atom is 0.127 e. The maximum absolute atomic E-state index is 3.91. The van der Waals surface area contributed by atoms with E-state index in [9.17, 15) is 0 Å². The third-order valence-electron chi connectivity index (χ3n) is 3.11. The van der Waals surface area contributed by atoms with Crippen LogP contribution in [0.4, 0.5) is 0 Å². The molecule has 0 spiro atoms. The molecule has 0 aromatic rings. The zero-order valence-corrected chi connectivity index (χ0v) is 8.53. The van der Waals surface area contributed by atoms with E-state index < -0.39 is 0 Å². The van der Waals surface area contributed by atoms with Gasteiger partial charge in [0.25, 0.3) is 0 Å². The zero-order chi connectivity index (χ0) is 8.97. The first-order valence-corrected chi connectivity index (χ1v) is 5.17. The molecule has 1 atom stereocenters. The van der Waals surface area contributed by atoms with E-state index in [1.165, 1.54) is 32.5 Å². The largest absolute Gasteiger partial charge is 0.353 e. The third-order valence-corrected chi connectivity index (χ3v) is 3.11. The standard InChI is InChI=1S/C9H21N3/c1-11-6-3-9(4-7-11)12(2)8-5-10/h9H,3-8,10H2,1-2H3/p+3. The van der Waals surface area contributed by atoms with E-state index in [4.69, 9.17) is 0 Å². The van der Waals surface area contributed by atoms with Gasteiger partial charge in [0.1, 0.15) is 13.1 Å². The van der Waals surface area contributed by atoms with E-state index >= 15 is 0 Å². The highest BCUT2D eigenvalue weighted by molar-refractivity contribution is 4.58. The molecule has 12 heavy (non-hydrogen) atoms. The van der Waals surface area contributed by atoms with Gasteiger partial charge in [-0.3, -0.25) is 0 Å². The van der Waals surface area contributed by atoms with E-state index in [0.29, 0.717) is 0 Å². The summed E-state index contributed by atoms with van der Waals surface area (Å²) in [5.74, 6) is 0. The quantitative estimate of drug-likeness (QED) is 0.396. The van der Waals surface area contributed by atoms with Crippen molar-refractivity contribution in [3.05, 3.63) is 0 Å². The van der Waals surface area contributed by atoms with Gasteiger partial charge in [0.05, 0.1) is 33.2 Å². The smallest absolute Gasteiger partial charge is 0.127 e. The van der Waals surface area contributed by atoms with Crippen LogP contribution in [-0.4, -0.2) is 46.3 Å². The fraction of sp³-hybridized carbons (Fsp3) is 1.00. The predicted molar refractivity (Wildman–Crippen MR) is 49.2 cm³/mol. The minimum atomic E-state index is 0.912. The first-order valence-electron chi connectivity index (χ1n) is 5.17. The molecule has 72 valence electrons. The molecule has 1 aliphatic rings. The second-order valence-electron chi connectivity index (χ2n) is 4.18. The number of piperidine rings is 1. The van der Waals surface area contributed by atoms with Gasteiger partial charge < -0.3 is 15.5 Å². The Labute approximate surface area is 75.5 Å². The van der Waals surface area contributed by atoms with Crippen molar-refractivity contribution in [2.24, 2.45) is 0 Å². The van der Waals surface area contributed by atoms with Crippen LogP contribution in [0.3, 0.4) is 0 Å². The van der Waals surface area contributed by atoms with Gasteiger partial charge in [-0.2, -0.15) is 0 Å². The average molecular weight is 174 g/mol. The third kappa shape index (κ3) is 2.73. The molecular formula is C9H24N3+3. The second-order valence-corrected chi connectivity index (χ2v) is 4.18. The summed E-state index contributed by atoms with van der Waals surface area (Å²) in [6.45, 7) is 5.03. The summed E-state index contributed by atoms with van der Waals surface area (Å²) >= 11 is 0. The van der Waals surface area contributed by atoms with Crippen LogP contribution in [0.15, 0.2) is 0 Å². The van der Waals surface area contributed by atoms with Crippen LogP contribution < -0.4 is 15.5 Å². The Bertz CT molecular complexity index is 119. The molecule has 1 aliphatic heterocycles. The molecule has 3 nitrogen and oxygen atoms in total. The zero-order valence-electron chi connectivity index (χ0n) is 8.53. The van der Waals surface area contributed by atoms with Gasteiger partial charge in [0.2, 0.25) is 0 Å². The van der Waals surface area contributed by atoms with Crippen molar-refractivity contribution >= 4 is 0 Å². The topological polar surface area (TPSA) is 36.5 Å². The lowest BCUT2D eigenvalue weighted by atomic mass is 10.0. The predicted octanol–water partition coefficient (Wildman–Crippen LogP) is -3.58. The van der Waals surface area contributed by atoms with Gasteiger partial charge >= 0.3 is 0 Å². The Morgan fingerprint density at radius 3 is 2.50 bits per heavy atom. The SMILES string of the molecule is C[NH+]1CCC([NH+](C)CC[NH3+])CC1. The lowest BCUT2D eigenvalue weighted by Gasteiger charge is -2.30. The molecule has 0 aliphatic carbocycles. The van der Waals surface area contributed by atoms with Gasteiger partial charge in [-0.05, 0) is 0 Å². The molecule has 1 heterocycles. The normalized spacial score (nSPS) is 33.2. The highest BCUT2D eigenvalue weighted by Crippen LogP contribution is 1.93. The highest BCUT2D eigenvalue weighted by Gasteiger charge is 2.25. The Morgan fingerprint density at radius 1 is 1.42 bits per heavy atom. The Kier molecular flexibility index (Phi) is 3.98. The second kappa shape index (κ2) is 4.80. The summed E-state index contributed by atoms with van der Waals surface area (Å²) in [6, 6.07) is 0.912. The minimum absolute atomic E-state index is 0.912. The van der Waals surface area contributed by atoms with Gasteiger partial charge in [0, 0.05) is 12.8 Å². The summed E-state index contributed by atoms with van der Waals surface area (Å²) in [6.07, 6.45) is 2.80. The minimum Gasteiger partial charge on any atom is -0.353 e. The first-order chi connectivity index (χ1) is 5.74. The molecule has 0 amide bonds. The van der Waals surface area contributed by atoms with Crippen molar-refractivity contribution < 1.29 is 15.5 Å². The van der Waals surface area contributed by atoms with Crippen molar-refractivity contribution in [3.63, 3.8) is 0 Å². The molecule has 0 aromatic heterocycles. The average Bonchev–Trinajstić information content (AvgIpc) is 2.06. The van der Waals surface area contributed by atoms with Gasteiger partial charge in [-0.1, -0.05) is 0 Å². The first kappa shape index (κ1) is 9.96. The molecular weight excluding hydrogens is 150 g/mol. The number of nitrogens with one attached hydrogen (secondary N) is 2. The van der Waals surface area contributed by atoms with E-state index in [-0.39, 0.29) is 0 Å². The van der Waals surface area contributed by atoms with Crippen molar-refractivity contribution in [2.45, 2.75) is 18.9 Å². The summed E-state index contributed by atoms with van der Waals surface area (Å²) in [5.41, 5.74) is 3.91. The molecule has 5 N–H and O–H groups in total. The number of rotatable bonds is 3. The van der Waals surface area contributed by atoms with Crippen LogP contribution in [-0.2, 0) is 0 Å². The number of likely N-dealkylation sites (tertiary alicyclic amines) is 1. The van der Waals surface area contributed by atoms with Gasteiger partial charge in [0.15, 0.2) is 0 Å². The van der Waals surface area contributed by atoms with Crippen LogP contribution in [0.1, 0.15) is 12.8 Å². The van der Waals surface area contributed by atoms with Crippen molar-refractivity contribution in [1.29, 1.82) is 0 Å². The molecule has 0 bridgehead atoms. The molecule has 0 radical (unpaired) electrons. The van der Waals surface area contributed by atoms with Gasteiger partial charge in [-0.15, -0.1) is 0 Å². The van der Waals surface area contributed by atoms with Crippen molar-refractivity contribution in [1.82, 2.24) is 0 Å². The maximum atomic E-state index is 3.91. The molecule has 1 saturated heterocycles. The number of quaternary nitrogens is 3. The van der Waals surface area contributed by atoms with E-state index in [2.05, 4.69) is 19.8 Å². The van der Waals surface area contributed by atoms with Crippen molar-refractivity contribution in [3.8, 4) is 0 Å². The molecule has 0 saturated carbocycles. The van der Waals surface area contributed by atoms with E-state index in [1.54, 1.807) is 9.80 Å². The summed E-state index contributed by atoms with van der Waals surface area (Å²) in [7, 11) is 4.61. The van der Waals surface area contributed by atoms with Crippen LogP contribution in [0.5, 0.6) is 0 Å². The van der Waals surface area contributed by atoms with Gasteiger partial charge in [-0.25, -0.2) is 0 Å². The Balaban J connectivity index is 2.24. The lowest BCUT2D eigenvalue weighted by Crippen LogP contribution is -3.18. The molecule has 0 aromatic carbocycles. The molecule has 3 heteroatoms. The lowest BCUT2D eigenvalue weighted by molar-refractivity contribution is -0.942. The molecule has 1 unspecified atom stereocenters. The Hall–Kier alpha value is -0.120. The van der Waals surface area contributed by atoms with Crippen LogP contribution in [0.25, 0.3) is 0 Å². The van der Waals surface area contributed by atoms with Crippen molar-refractivity contribution in [2.75, 3.05) is 40.3 Å². The fourth-order valence-electron chi connectivity index (χ4n) is 2.09.